The van der Waals surface area contributed by atoms with Gasteiger partial charge in [0.2, 0.25) is 5.91 Å². The molecule has 1 aromatic rings. The van der Waals surface area contributed by atoms with Crippen molar-refractivity contribution in [3.63, 3.8) is 0 Å². The number of carbonyl (C=O) groups excluding carboxylic acids is 1. The van der Waals surface area contributed by atoms with Gasteiger partial charge in [0, 0.05) is 16.8 Å². The predicted molar refractivity (Wildman–Crippen MR) is 85.0 cm³/mol. The van der Waals surface area contributed by atoms with Crippen LogP contribution < -0.4 is 5.32 Å². The molecule has 104 valence electrons. The van der Waals surface area contributed by atoms with Gasteiger partial charge in [-0.25, -0.2) is 0 Å². The van der Waals surface area contributed by atoms with Crippen LogP contribution in [0.5, 0.6) is 0 Å². The quantitative estimate of drug-likeness (QED) is 0.800. The van der Waals surface area contributed by atoms with Crippen molar-refractivity contribution in [2.75, 3.05) is 11.9 Å². The molecule has 2 atom stereocenters. The number of fused-ring (bicyclic) bond motifs is 1. The number of rotatable bonds is 6. The Morgan fingerprint density at radius 1 is 1.53 bits per heavy atom. The van der Waals surface area contributed by atoms with Crippen molar-refractivity contribution in [3.05, 3.63) is 29.8 Å². The van der Waals surface area contributed by atoms with Crippen molar-refractivity contribution in [1.82, 2.24) is 5.32 Å². The molecular formula is C15H20BrNOS. The van der Waals surface area contributed by atoms with Crippen LogP contribution in [0, 0.1) is 5.92 Å². The van der Waals surface area contributed by atoms with Crippen LogP contribution in [0.4, 0.5) is 0 Å². The van der Waals surface area contributed by atoms with Gasteiger partial charge in [0.1, 0.15) is 0 Å². The Balaban J connectivity index is 1.83. The first-order chi connectivity index (χ1) is 9.24. The molecule has 0 saturated heterocycles. The molecular weight excluding hydrogens is 322 g/mol. The van der Waals surface area contributed by atoms with E-state index in [1.807, 2.05) is 12.1 Å². The van der Waals surface area contributed by atoms with Crippen LogP contribution in [0.3, 0.4) is 0 Å². The molecule has 1 aliphatic heterocycles. The highest BCUT2D eigenvalue weighted by Gasteiger charge is 2.27. The maximum atomic E-state index is 12.2. The van der Waals surface area contributed by atoms with E-state index in [-0.39, 0.29) is 11.2 Å². The second-order valence-electron chi connectivity index (χ2n) is 4.92. The third-order valence-electron chi connectivity index (χ3n) is 3.60. The van der Waals surface area contributed by atoms with E-state index in [0.717, 1.165) is 31.1 Å². The highest BCUT2D eigenvalue weighted by molar-refractivity contribution is 9.09. The van der Waals surface area contributed by atoms with Crippen LogP contribution in [0.2, 0.25) is 0 Å². The summed E-state index contributed by atoms with van der Waals surface area (Å²) >= 11 is 5.16. The number of thioether (sulfide) groups is 1. The number of nitrogens with one attached hydrogen (secondary N) is 1. The number of halogens is 1. The van der Waals surface area contributed by atoms with Crippen molar-refractivity contribution in [3.8, 4) is 0 Å². The SMILES string of the molecule is CCC(CCBr)CNC(=O)C1Cc2ccccc2S1. The molecule has 1 amide bonds. The molecule has 1 N–H and O–H groups in total. The number of hydrogen-bond donors (Lipinski definition) is 1. The van der Waals surface area contributed by atoms with Gasteiger partial charge in [0.25, 0.3) is 0 Å². The lowest BCUT2D eigenvalue weighted by Gasteiger charge is -2.16. The van der Waals surface area contributed by atoms with Gasteiger partial charge in [-0.1, -0.05) is 47.5 Å². The zero-order valence-electron chi connectivity index (χ0n) is 11.2. The van der Waals surface area contributed by atoms with Crippen molar-refractivity contribution in [1.29, 1.82) is 0 Å². The Morgan fingerprint density at radius 2 is 2.32 bits per heavy atom. The Hall–Kier alpha value is -0.480. The lowest BCUT2D eigenvalue weighted by molar-refractivity contribution is -0.120. The minimum absolute atomic E-state index is 0.0545. The maximum Gasteiger partial charge on any atom is 0.233 e. The molecule has 0 spiro atoms. The average molecular weight is 342 g/mol. The summed E-state index contributed by atoms with van der Waals surface area (Å²) in [5.41, 5.74) is 1.31. The van der Waals surface area contributed by atoms with Gasteiger partial charge in [-0.15, -0.1) is 11.8 Å². The summed E-state index contributed by atoms with van der Waals surface area (Å²) in [5, 5.41) is 4.17. The van der Waals surface area contributed by atoms with E-state index in [2.05, 4.69) is 40.3 Å². The first-order valence-electron chi connectivity index (χ1n) is 6.82. The first kappa shape index (κ1) is 14.9. The average Bonchev–Trinajstić information content (AvgIpc) is 2.87. The highest BCUT2D eigenvalue weighted by Crippen LogP contribution is 2.36. The number of benzene rings is 1. The van der Waals surface area contributed by atoms with Gasteiger partial charge >= 0.3 is 0 Å². The van der Waals surface area contributed by atoms with Crippen LogP contribution in [-0.2, 0) is 11.2 Å². The Kier molecular flexibility index (Phi) is 5.76. The second kappa shape index (κ2) is 7.34. The van der Waals surface area contributed by atoms with Gasteiger partial charge in [0.15, 0.2) is 0 Å². The van der Waals surface area contributed by atoms with Crippen molar-refractivity contribution >= 4 is 33.6 Å². The Labute approximate surface area is 127 Å². The first-order valence-corrected chi connectivity index (χ1v) is 8.83. The minimum Gasteiger partial charge on any atom is -0.355 e. The fourth-order valence-corrected chi connectivity index (χ4v) is 4.16. The minimum atomic E-state index is 0.0545. The molecule has 0 aliphatic carbocycles. The van der Waals surface area contributed by atoms with E-state index < -0.39 is 0 Å². The molecule has 2 nitrogen and oxygen atoms in total. The Bertz CT molecular complexity index is 413. The zero-order valence-corrected chi connectivity index (χ0v) is 13.6. The summed E-state index contributed by atoms with van der Waals surface area (Å²) in [6, 6.07) is 8.31. The Morgan fingerprint density at radius 3 is 3.00 bits per heavy atom. The molecule has 0 saturated carbocycles. The van der Waals surface area contributed by atoms with E-state index >= 15 is 0 Å². The van der Waals surface area contributed by atoms with Crippen molar-refractivity contribution < 1.29 is 4.79 Å². The van der Waals surface area contributed by atoms with Gasteiger partial charge in [-0.3, -0.25) is 4.79 Å². The normalized spacial score (nSPS) is 18.9. The molecule has 2 rings (SSSR count). The zero-order chi connectivity index (χ0) is 13.7. The van der Waals surface area contributed by atoms with E-state index in [1.165, 1.54) is 10.5 Å². The maximum absolute atomic E-state index is 12.2. The van der Waals surface area contributed by atoms with Crippen LogP contribution in [0.15, 0.2) is 29.2 Å². The fraction of sp³-hybridized carbons (Fsp3) is 0.533. The van der Waals surface area contributed by atoms with E-state index in [1.54, 1.807) is 11.8 Å². The number of alkyl halides is 1. The summed E-state index contributed by atoms with van der Waals surface area (Å²) in [6.45, 7) is 2.98. The second-order valence-corrected chi connectivity index (χ2v) is 6.95. The molecule has 1 aromatic carbocycles. The molecule has 4 heteroatoms. The molecule has 1 heterocycles. The summed E-state index contributed by atoms with van der Waals surface area (Å²) < 4.78 is 0. The van der Waals surface area contributed by atoms with Gasteiger partial charge in [-0.2, -0.15) is 0 Å². The van der Waals surface area contributed by atoms with Gasteiger partial charge in [-0.05, 0) is 30.4 Å². The number of hydrogen-bond acceptors (Lipinski definition) is 2. The third kappa shape index (κ3) is 3.99. The summed E-state index contributed by atoms with van der Waals surface area (Å²) in [5.74, 6) is 0.770. The van der Waals surface area contributed by atoms with Crippen LogP contribution >= 0.6 is 27.7 Å². The molecule has 0 bridgehead atoms. The molecule has 19 heavy (non-hydrogen) atoms. The van der Waals surface area contributed by atoms with E-state index in [0.29, 0.717) is 5.92 Å². The summed E-state index contributed by atoms with van der Waals surface area (Å²) in [6.07, 6.45) is 3.10. The standard InChI is InChI=1S/C15H20BrNOS/c1-2-11(7-8-16)10-17-15(18)14-9-12-5-3-4-6-13(12)19-14/h3-6,11,14H,2,7-10H2,1H3,(H,17,18). The smallest absolute Gasteiger partial charge is 0.233 e. The van der Waals surface area contributed by atoms with E-state index in [4.69, 9.17) is 0 Å². The molecule has 0 radical (unpaired) electrons. The van der Waals surface area contributed by atoms with Crippen LogP contribution in [0.1, 0.15) is 25.3 Å². The summed E-state index contributed by atoms with van der Waals surface area (Å²) in [4.78, 5) is 13.5. The molecule has 0 aromatic heterocycles. The predicted octanol–water partition coefficient (Wildman–Crippen LogP) is 3.63. The molecule has 0 fully saturated rings. The largest absolute Gasteiger partial charge is 0.355 e. The fourth-order valence-electron chi connectivity index (χ4n) is 2.29. The molecule has 1 aliphatic rings. The number of carbonyl (C=O) groups is 1. The monoisotopic (exact) mass is 341 g/mol. The highest BCUT2D eigenvalue weighted by atomic mass is 79.9. The van der Waals surface area contributed by atoms with Crippen molar-refractivity contribution in [2.45, 2.75) is 36.3 Å². The third-order valence-corrected chi connectivity index (χ3v) is 5.37. The lowest BCUT2D eigenvalue weighted by Crippen LogP contribution is -2.35. The van der Waals surface area contributed by atoms with Gasteiger partial charge < -0.3 is 5.32 Å². The van der Waals surface area contributed by atoms with Crippen LogP contribution in [0.25, 0.3) is 0 Å². The number of amides is 1. The van der Waals surface area contributed by atoms with Gasteiger partial charge in [0.05, 0.1) is 5.25 Å². The van der Waals surface area contributed by atoms with Crippen molar-refractivity contribution in [2.24, 2.45) is 5.92 Å². The lowest BCUT2D eigenvalue weighted by atomic mass is 10.0. The molecule has 2 unspecified atom stereocenters. The topological polar surface area (TPSA) is 29.1 Å². The van der Waals surface area contributed by atoms with Crippen LogP contribution in [-0.4, -0.2) is 23.0 Å². The van der Waals surface area contributed by atoms with E-state index in [9.17, 15) is 4.79 Å². The summed E-state index contributed by atoms with van der Waals surface area (Å²) in [7, 11) is 0.